The number of amides is 1. The Labute approximate surface area is 159 Å². The van der Waals surface area contributed by atoms with E-state index in [1.165, 1.54) is 26.2 Å². The SMILES string of the molecule is CCN1CCN(CCCNC(=O)C2CCC(N)C2)CC1.Cl.Cl.Cl. The van der Waals surface area contributed by atoms with Crippen molar-refractivity contribution in [1.29, 1.82) is 0 Å². The summed E-state index contributed by atoms with van der Waals surface area (Å²) in [7, 11) is 0. The van der Waals surface area contributed by atoms with Crippen molar-refractivity contribution in [3.8, 4) is 0 Å². The van der Waals surface area contributed by atoms with Gasteiger partial charge in [0.25, 0.3) is 0 Å². The van der Waals surface area contributed by atoms with Crippen LogP contribution < -0.4 is 11.1 Å². The van der Waals surface area contributed by atoms with Gasteiger partial charge < -0.3 is 20.9 Å². The standard InChI is InChI=1S/C15H30N4O.3ClH/c1-2-18-8-10-19(11-9-18)7-3-6-17-15(20)13-4-5-14(16)12-13;;;/h13-14H,2-12,16H2,1H3,(H,17,20);3*1H. The number of halogens is 3. The quantitative estimate of drug-likeness (QED) is 0.674. The van der Waals surface area contributed by atoms with Crippen molar-refractivity contribution in [3.63, 3.8) is 0 Å². The van der Waals surface area contributed by atoms with Gasteiger partial charge in [-0.1, -0.05) is 6.92 Å². The molecule has 0 aromatic heterocycles. The first kappa shape index (κ1) is 25.5. The van der Waals surface area contributed by atoms with E-state index < -0.39 is 0 Å². The lowest BCUT2D eigenvalue weighted by atomic mass is 10.1. The topological polar surface area (TPSA) is 61.6 Å². The molecule has 1 saturated carbocycles. The van der Waals surface area contributed by atoms with Gasteiger partial charge in [-0.2, -0.15) is 0 Å². The Hall–Kier alpha value is 0.220. The molecule has 0 aromatic carbocycles. The molecule has 0 spiro atoms. The van der Waals surface area contributed by atoms with Gasteiger partial charge in [-0.3, -0.25) is 4.79 Å². The summed E-state index contributed by atoms with van der Waals surface area (Å²) in [5, 5.41) is 3.07. The summed E-state index contributed by atoms with van der Waals surface area (Å²) < 4.78 is 0. The van der Waals surface area contributed by atoms with Gasteiger partial charge in [-0.05, 0) is 38.8 Å². The lowest BCUT2D eigenvalue weighted by Gasteiger charge is -2.34. The molecule has 140 valence electrons. The number of carbonyl (C=O) groups is 1. The summed E-state index contributed by atoms with van der Waals surface area (Å²) in [5.41, 5.74) is 5.85. The highest BCUT2D eigenvalue weighted by Gasteiger charge is 2.27. The Morgan fingerprint density at radius 2 is 1.70 bits per heavy atom. The molecule has 2 rings (SSSR count). The first-order valence-electron chi connectivity index (χ1n) is 8.17. The molecular formula is C15H33Cl3N4O. The smallest absolute Gasteiger partial charge is 0.223 e. The van der Waals surface area contributed by atoms with E-state index in [1.54, 1.807) is 0 Å². The average Bonchev–Trinajstić information content (AvgIpc) is 2.91. The van der Waals surface area contributed by atoms with Crippen molar-refractivity contribution in [2.45, 2.75) is 38.6 Å². The van der Waals surface area contributed by atoms with Crippen molar-refractivity contribution in [3.05, 3.63) is 0 Å². The van der Waals surface area contributed by atoms with Gasteiger partial charge in [0.1, 0.15) is 0 Å². The van der Waals surface area contributed by atoms with Crippen LogP contribution in [0.3, 0.4) is 0 Å². The Kier molecular flexibility index (Phi) is 14.9. The molecule has 1 saturated heterocycles. The summed E-state index contributed by atoms with van der Waals surface area (Å²) in [5.74, 6) is 0.381. The summed E-state index contributed by atoms with van der Waals surface area (Å²) in [6, 6.07) is 0.237. The van der Waals surface area contributed by atoms with Crippen molar-refractivity contribution in [1.82, 2.24) is 15.1 Å². The second kappa shape index (κ2) is 13.5. The van der Waals surface area contributed by atoms with Gasteiger partial charge in [0.2, 0.25) is 5.91 Å². The van der Waals surface area contributed by atoms with Crippen LogP contribution in [0.2, 0.25) is 0 Å². The third-order valence-corrected chi connectivity index (χ3v) is 4.71. The fourth-order valence-corrected chi connectivity index (χ4v) is 3.24. The first-order valence-corrected chi connectivity index (χ1v) is 8.17. The number of hydrogen-bond donors (Lipinski definition) is 2. The fourth-order valence-electron chi connectivity index (χ4n) is 3.24. The zero-order valence-electron chi connectivity index (χ0n) is 14.0. The van der Waals surface area contributed by atoms with Crippen molar-refractivity contribution in [2.75, 3.05) is 45.8 Å². The molecule has 1 heterocycles. The highest BCUT2D eigenvalue weighted by Crippen LogP contribution is 2.23. The van der Waals surface area contributed by atoms with Gasteiger partial charge in [-0.25, -0.2) is 0 Å². The van der Waals surface area contributed by atoms with E-state index >= 15 is 0 Å². The summed E-state index contributed by atoms with van der Waals surface area (Å²) in [6.07, 6.45) is 3.88. The molecule has 0 aromatic rings. The maximum Gasteiger partial charge on any atom is 0.223 e. The molecule has 0 radical (unpaired) electrons. The highest BCUT2D eigenvalue weighted by atomic mass is 35.5. The van der Waals surface area contributed by atoms with E-state index in [0.29, 0.717) is 0 Å². The van der Waals surface area contributed by atoms with Gasteiger partial charge in [-0.15, -0.1) is 37.2 Å². The van der Waals surface area contributed by atoms with E-state index in [9.17, 15) is 4.79 Å². The number of piperazine rings is 1. The lowest BCUT2D eigenvalue weighted by molar-refractivity contribution is -0.124. The summed E-state index contributed by atoms with van der Waals surface area (Å²) in [6.45, 7) is 9.98. The van der Waals surface area contributed by atoms with Crippen LogP contribution >= 0.6 is 37.2 Å². The van der Waals surface area contributed by atoms with Gasteiger partial charge in [0.05, 0.1) is 0 Å². The molecule has 2 unspecified atom stereocenters. The van der Waals surface area contributed by atoms with Gasteiger partial charge >= 0.3 is 0 Å². The Morgan fingerprint density at radius 3 is 2.22 bits per heavy atom. The van der Waals surface area contributed by atoms with Crippen LogP contribution in [0.4, 0.5) is 0 Å². The lowest BCUT2D eigenvalue weighted by Crippen LogP contribution is -2.46. The normalized spacial score (nSPS) is 25.0. The van der Waals surface area contributed by atoms with E-state index in [2.05, 4.69) is 22.0 Å². The van der Waals surface area contributed by atoms with Crippen molar-refractivity contribution >= 4 is 43.1 Å². The van der Waals surface area contributed by atoms with Gasteiger partial charge in [0.15, 0.2) is 0 Å². The van der Waals surface area contributed by atoms with E-state index in [4.69, 9.17) is 5.73 Å². The van der Waals surface area contributed by atoms with Crippen LogP contribution in [0.1, 0.15) is 32.6 Å². The fraction of sp³-hybridized carbons (Fsp3) is 0.933. The molecule has 1 amide bonds. The Balaban J connectivity index is 0. The third kappa shape index (κ3) is 8.75. The summed E-state index contributed by atoms with van der Waals surface area (Å²) >= 11 is 0. The maximum absolute atomic E-state index is 11.9. The zero-order chi connectivity index (χ0) is 14.4. The zero-order valence-corrected chi connectivity index (χ0v) is 16.5. The minimum absolute atomic E-state index is 0. The van der Waals surface area contributed by atoms with Crippen LogP contribution in [0.5, 0.6) is 0 Å². The Bertz CT molecular complexity index is 315. The summed E-state index contributed by atoms with van der Waals surface area (Å²) in [4.78, 5) is 16.9. The molecule has 1 aliphatic heterocycles. The average molecular weight is 392 g/mol. The maximum atomic E-state index is 11.9. The molecule has 23 heavy (non-hydrogen) atoms. The van der Waals surface area contributed by atoms with E-state index in [1.807, 2.05) is 0 Å². The van der Waals surface area contributed by atoms with Crippen LogP contribution in [0.25, 0.3) is 0 Å². The van der Waals surface area contributed by atoms with E-state index in [-0.39, 0.29) is 55.1 Å². The second-order valence-electron chi connectivity index (χ2n) is 6.19. The van der Waals surface area contributed by atoms with Crippen molar-refractivity contribution < 1.29 is 4.79 Å². The molecule has 2 aliphatic rings. The van der Waals surface area contributed by atoms with Crippen molar-refractivity contribution in [2.24, 2.45) is 11.7 Å². The number of likely N-dealkylation sites (N-methyl/N-ethyl adjacent to an activating group) is 1. The molecule has 3 N–H and O–H groups in total. The van der Waals surface area contributed by atoms with Crippen LogP contribution in [-0.4, -0.2) is 67.6 Å². The largest absolute Gasteiger partial charge is 0.356 e. The molecule has 2 atom stereocenters. The molecule has 8 heteroatoms. The monoisotopic (exact) mass is 390 g/mol. The number of nitrogens with one attached hydrogen (secondary N) is 1. The van der Waals surface area contributed by atoms with Crippen LogP contribution in [0.15, 0.2) is 0 Å². The molecule has 0 bridgehead atoms. The molecule has 1 aliphatic carbocycles. The van der Waals surface area contributed by atoms with Crippen LogP contribution in [0, 0.1) is 5.92 Å². The van der Waals surface area contributed by atoms with Crippen LogP contribution in [-0.2, 0) is 4.79 Å². The predicted molar refractivity (Wildman–Crippen MR) is 103 cm³/mol. The molecule has 2 fully saturated rings. The number of carbonyl (C=O) groups excluding carboxylic acids is 1. The van der Waals surface area contributed by atoms with Gasteiger partial charge in [0, 0.05) is 44.7 Å². The first-order chi connectivity index (χ1) is 9.69. The molecular weight excluding hydrogens is 359 g/mol. The third-order valence-electron chi connectivity index (χ3n) is 4.71. The number of rotatable bonds is 6. The molecule has 5 nitrogen and oxygen atoms in total. The number of hydrogen-bond acceptors (Lipinski definition) is 4. The second-order valence-corrected chi connectivity index (χ2v) is 6.19. The Morgan fingerprint density at radius 1 is 1.09 bits per heavy atom. The number of nitrogens with two attached hydrogens (primary N) is 1. The van der Waals surface area contributed by atoms with E-state index in [0.717, 1.165) is 45.3 Å². The minimum atomic E-state index is 0. The minimum Gasteiger partial charge on any atom is -0.356 e. The predicted octanol–water partition coefficient (Wildman–Crippen LogP) is 1.52. The highest BCUT2D eigenvalue weighted by molar-refractivity contribution is 5.86. The number of nitrogens with zero attached hydrogens (tertiary/aromatic N) is 2.